The van der Waals surface area contributed by atoms with Gasteiger partial charge in [-0.15, -0.1) is 23.7 Å². The molecule has 0 spiro atoms. The molecule has 1 aromatic heterocycles. The minimum Gasteiger partial charge on any atom is -0.341 e. The van der Waals surface area contributed by atoms with Crippen molar-refractivity contribution in [1.29, 1.82) is 0 Å². The summed E-state index contributed by atoms with van der Waals surface area (Å²) in [6.07, 6.45) is 5.24. The second kappa shape index (κ2) is 7.88. The molecule has 0 aliphatic heterocycles. The fourth-order valence-corrected chi connectivity index (χ4v) is 3.35. The van der Waals surface area contributed by atoms with Gasteiger partial charge in [-0.3, -0.25) is 4.79 Å². The van der Waals surface area contributed by atoms with E-state index in [0.717, 1.165) is 19.4 Å². The Morgan fingerprint density at radius 3 is 2.84 bits per heavy atom. The molecule has 19 heavy (non-hydrogen) atoms. The fourth-order valence-electron chi connectivity index (χ4n) is 2.59. The van der Waals surface area contributed by atoms with E-state index in [-0.39, 0.29) is 24.4 Å². The zero-order valence-corrected chi connectivity index (χ0v) is 13.0. The normalized spacial score (nSPS) is 22.6. The first kappa shape index (κ1) is 16.5. The van der Waals surface area contributed by atoms with Crippen LogP contribution in [0.15, 0.2) is 17.5 Å². The Balaban J connectivity index is 0.00000180. The van der Waals surface area contributed by atoms with Gasteiger partial charge in [0.15, 0.2) is 0 Å². The molecule has 2 rings (SSSR count). The zero-order chi connectivity index (χ0) is 13.0. The van der Waals surface area contributed by atoms with E-state index in [2.05, 4.69) is 6.07 Å². The molecule has 1 aliphatic carbocycles. The maximum absolute atomic E-state index is 12.2. The Morgan fingerprint density at radius 2 is 2.21 bits per heavy atom. The Hall–Kier alpha value is -0.580. The molecule has 1 fully saturated rings. The first-order valence-corrected chi connectivity index (χ1v) is 7.56. The molecule has 1 aromatic rings. The van der Waals surface area contributed by atoms with Crippen LogP contribution < -0.4 is 5.73 Å². The highest BCUT2D eigenvalue weighted by Crippen LogP contribution is 2.26. The van der Waals surface area contributed by atoms with Gasteiger partial charge in [0.05, 0.1) is 6.54 Å². The van der Waals surface area contributed by atoms with Crippen molar-refractivity contribution in [2.24, 2.45) is 11.7 Å². The van der Waals surface area contributed by atoms with Crippen molar-refractivity contribution in [1.82, 2.24) is 4.90 Å². The van der Waals surface area contributed by atoms with E-state index in [1.807, 2.05) is 23.4 Å². The van der Waals surface area contributed by atoms with Crippen LogP contribution in [0.2, 0.25) is 0 Å². The van der Waals surface area contributed by atoms with Crippen LogP contribution in [-0.4, -0.2) is 23.9 Å². The predicted octanol–water partition coefficient (Wildman–Crippen LogP) is 3.04. The van der Waals surface area contributed by atoms with Crippen molar-refractivity contribution in [3.05, 3.63) is 22.4 Å². The molecule has 3 nitrogen and oxygen atoms in total. The van der Waals surface area contributed by atoms with Crippen LogP contribution in [0.1, 0.15) is 37.0 Å². The van der Waals surface area contributed by atoms with Crippen LogP contribution in [0.3, 0.4) is 0 Å². The van der Waals surface area contributed by atoms with Gasteiger partial charge in [0.1, 0.15) is 0 Å². The maximum atomic E-state index is 12.2. The van der Waals surface area contributed by atoms with Gasteiger partial charge in [-0.2, -0.15) is 0 Å². The lowest BCUT2D eigenvalue weighted by molar-refractivity contribution is -0.131. The molecule has 1 saturated carbocycles. The molecule has 2 atom stereocenters. The number of carbonyl (C=O) groups is 1. The van der Waals surface area contributed by atoms with E-state index < -0.39 is 0 Å². The third-order valence-electron chi connectivity index (χ3n) is 3.80. The van der Waals surface area contributed by atoms with Crippen LogP contribution >= 0.6 is 23.7 Å². The van der Waals surface area contributed by atoms with Crippen LogP contribution in [0.5, 0.6) is 0 Å². The van der Waals surface area contributed by atoms with Crippen LogP contribution in [0, 0.1) is 5.92 Å². The van der Waals surface area contributed by atoms with Crippen molar-refractivity contribution in [2.75, 3.05) is 7.05 Å². The Labute approximate surface area is 125 Å². The number of nitrogens with two attached hydrogens (primary N) is 1. The van der Waals surface area contributed by atoms with Crippen molar-refractivity contribution in [3.63, 3.8) is 0 Å². The SMILES string of the molecule is CN(Cc1cccs1)C(=O)CC1CCCCC1N.Cl. The summed E-state index contributed by atoms with van der Waals surface area (Å²) in [4.78, 5) is 15.2. The summed E-state index contributed by atoms with van der Waals surface area (Å²) in [5.74, 6) is 0.614. The van der Waals surface area contributed by atoms with Gasteiger partial charge in [-0.05, 0) is 30.2 Å². The molecule has 0 bridgehead atoms. The molecule has 1 aliphatic rings. The van der Waals surface area contributed by atoms with E-state index in [1.54, 1.807) is 11.3 Å². The van der Waals surface area contributed by atoms with E-state index in [4.69, 9.17) is 5.73 Å². The summed E-state index contributed by atoms with van der Waals surface area (Å²) in [6.45, 7) is 0.721. The van der Waals surface area contributed by atoms with Gasteiger partial charge in [0.25, 0.3) is 0 Å². The summed E-state index contributed by atoms with van der Waals surface area (Å²) in [5, 5.41) is 2.05. The highest BCUT2D eigenvalue weighted by atomic mass is 35.5. The monoisotopic (exact) mass is 302 g/mol. The lowest BCUT2D eigenvalue weighted by atomic mass is 9.83. The smallest absolute Gasteiger partial charge is 0.222 e. The molecule has 2 unspecified atom stereocenters. The quantitative estimate of drug-likeness (QED) is 0.929. The van der Waals surface area contributed by atoms with Gasteiger partial charge in [-0.1, -0.05) is 18.9 Å². The highest BCUT2D eigenvalue weighted by Gasteiger charge is 2.25. The molecule has 2 N–H and O–H groups in total. The van der Waals surface area contributed by atoms with Gasteiger partial charge >= 0.3 is 0 Å². The molecule has 108 valence electrons. The average molecular weight is 303 g/mol. The van der Waals surface area contributed by atoms with Gasteiger partial charge < -0.3 is 10.6 Å². The number of carbonyl (C=O) groups excluding carboxylic acids is 1. The number of hydrogen-bond acceptors (Lipinski definition) is 3. The summed E-state index contributed by atoms with van der Waals surface area (Å²) < 4.78 is 0. The third kappa shape index (κ3) is 4.79. The Morgan fingerprint density at radius 1 is 1.47 bits per heavy atom. The second-order valence-electron chi connectivity index (χ2n) is 5.24. The van der Waals surface area contributed by atoms with E-state index in [0.29, 0.717) is 12.3 Å². The molecule has 1 amide bonds. The maximum Gasteiger partial charge on any atom is 0.222 e. The topological polar surface area (TPSA) is 46.3 Å². The van der Waals surface area contributed by atoms with Crippen LogP contribution in [0.25, 0.3) is 0 Å². The molecule has 1 heterocycles. The number of halogens is 1. The van der Waals surface area contributed by atoms with Crippen molar-refractivity contribution >= 4 is 29.7 Å². The average Bonchev–Trinajstić information content (AvgIpc) is 2.84. The van der Waals surface area contributed by atoms with Crippen molar-refractivity contribution in [3.8, 4) is 0 Å². The number of rotatable bonds is 4. The Bertz CT molecular complexity index is 383. The second-order valence-corrected chi connectivity index (χ2v) is 6.27. The van der Waals surface area contributed by atoms with E-state index >= 15 is 0 Å². The summed E-state index contributed by atoms with van der Waals surface area (Å²) >= 11 is 1.70. The minimum absolute atomic E-state index is 0. The molecule has 5 heteroatoms. The summed E-state index contributed by atoms with van der Waals surface area (Å²) in [7, 11) is 1.89. The van der Waals surface area contributed by atoms with Gasteiger partial charge in [0.2, 0.25) is 5.91 Å². The molecule has 0 radical (unpaired) electrons. The van der Waals surface area contributed by atoms with Crippen molar-refractivity contribution in [2.45, 2.75) is 44.7 Å². The van der Waals surface area contributed by atoms with Crippen LogP contribution in [0.4, 0.5) is 0 Å². The summed E-state index contributed by atoms with van der Waals surface area (Å²) in [5.41, 5.74) is 6.09. The number of hydrogen-bond donors (Lipinski definition) is 1. The molecular weight excluding hydrogens is 280 g/mol. The highest BCUT2D eigenvalue weighted by molar-refractivity contribution is 7.09. The molecular formula is C14H23ClN2OS. The van der Waals surface area contributed by atoms with E-state index in [9.17, 15) is 4.79 Å². The lowest BCUT2D eigenvalue weighted by Crippen LogP contribution is -2.37. The molecule has 0 aromatic carbocycles. The van der Waals surface area contributed by atoms with Gasteiger partial charge in [-0.25, -0.2) is 0 Å². The fraction of sp³-hybridized carbons (Fsp3) is 0.643. The number of thiophene rings is 1. The van der Waals surface area contributed by atoms with E-state index in [1.165, 1.54) is 17.7 Å². The predicted molar refractivity (Wildman–Crippen MR) is 82.6 cm³/mol. The number of amides is 1. The first-order chi connectivity index (χ1) is 8.66. The van der Waals surface area contributed by atoms with Crippen LogP contribution in [-0.2, 0) is 11.3 Å². The standard InChI is InChI=1S/C14H22N2OS.ClH/c1-16(10-12-6-4-8-18-12)14(17)9-11-5-2-3-7-13(11)15;/h4,6,8,11,13H,2-3,5,7,9-10,15H2,1H3;1H. The lowest BCUT2D eigenvalue weighted by Gasteiger charge is -2.29. The minimum atomic E-state index is 0. The Kier molecular flexibility index (Phi) is 6.83. The zero-order valence-electron chi connectivity index (χ0n) is 11.4. The molecule has 0 saturated heterocycles. The summed E-state index contributed by atoms with van der Waals surface area (Å²) in [6, 6.07) is 4.31. The van der Waals surface area contributed by atoms with Gasteiger partial charge in [0, 0.05) is 24.4 Å². The first-order valence-electron chi connectivity index (χ1n) is 6.68. The third-order valence-corrected chi connectivity index (χ3v) is 4.66. The van der Waals surface area contributed by atoms with Crippen molar-refractivity contribution < 1.29 is 4.79 Å². The number of nitrogens with zero attached hydrogens (tertiary/aromatic N) is 1. The largest absolute Gasteiger partial charge is 0.341 e.